The highest BCUT2D eigenvalue weighted by Crippen LogP contribution is 2.14. The van der Waals surface area contributed by atoms with E-state index in [2.05, 4.69) is 38.2 Å². The summed E-state index contributed by atoms with van der Waals surface area (Å²) in [4.78, 5) is 0. The number of rotatable bonds is 28. The minimum atomic E-state index is 1.30. The van der Waals surface area contributed by atoms with Crippen LogP contribution in [0.25, 0.3) is 0 Å². The van der Waals surface area contributed by atoms with Gasteiger partial charge in [0.05, 0.1) is 0 Å². The van der Waals surface area contributed by atoms with E-state index < -0.39 is 0 Å². The standard InChI is InChI=1S/C33H64/c1-3-5-7-9-11-13-15-17-19-21-23-25-27-29-31-33-32-30-28-26-24-22-20-18-16-14-12-10-8-6-4-2/h13-16H,3-12,17-33H2,1-2H3. The predicted octanol–water partition coefficient (Wildman–Crippen LogP) is 12.7. The number of unbranched alkanes of at least 4 members (excludes halogenated alkanes) is 24. The second-order valence-electron chi connectivity index (χ2n) is 10.5. The minimum absolute atomic E-state index is 1.30. The van der Waals surface area contributed by atoms with Gasteiger partial charge in [0.1, 0.15) is 0 Å². The minimum Gasteiger partial charge on any atom is -0.0885 e. The third-order valence-corrected chi connectivity index (χ3v) is 7.02. The molecule has 0 N–H and O–H groups in total. The molecule has 196 valence electrons. The van der Waals surface area contributed by atoms with E-state index in [0.29, 0.717) is 0 Å². The first kappa shape index (κ1) is 32.5. The Morgan fingerprint density at radius 3 is 0.636 bits per heavy atom. The molecular formula is C33H64. The first-order valence-corrected chi connectivity index (χ1v) is 15.7. The smallest absolute Gasteiger partial charge is 0.0351 e. The van der Waals surface area contributed by atoms with Gasteiger partial charge in [-0.05, 0) is 51.4 Å². The molecule has 0 aliphatic rings. The van der Waals surface area contributed by atoms with Gasteiger partial charge < -0.3 is 0 Å². The Balaban J connectivity index is 3.08. The van der Waals surface area contributed by atoms with Gasteiger partial charge in [0.25, 0.3) is 0 Å². The van der Waals surface area contributed by atoms with Crippen molar-refractivity contribution in [1.82, 2.24) is 0 Å². The topological polar surface area (TPSA) is 0 Å². The van der Waals surface area contributed by atoms with Gasteiger partial charge in [0, 0.05) is 0 Å². The fourth-order valence-corrected chi connectivity index (χ4v) is 4.67. The van der Waals surface area contributed by atoms with Crippen LogP contribution in [0.4, 0.5) is 0 Å². The van der Waals surface area contributed by atoms with Crippen LogP contribution in [0.3, 0.4) is 0 Å². The normalized spacial score (nSPS) is 11.9. The Morgan fingerprint density at radius 2 is 0.424 bits per heavy atom. The van der Waals surface area contributed by atoms with Crippen molar-refractivity contribution in [2.24, 2.45) is 0 Å². The Morgan fingerprint density at radius 1 is 0.242 bits per heavy atom. The SMILES string of the molecule is CCCCCCC=CCCCCCCCCCCCCCCCCCC=CCCCCCC. The highest BCUT2D eigenvalue weighted by Gasteiger charge is 1.95. The van der Waals surface area contributed by atoms with Crippen LogP contribution in [0.5, 0.6) is 0 Å². The first-order chi connectivity index (χ1) is 16.4. The quantitative estimate of drug-likeness (QED) is 0.0804. The van der Waals surface area contributed by atoms with Crippen molar-refractivity contribution in [1.29, 1.82) is 0 Å². The van der Waals surface area contributed by atoms with Gasteiger partial charge >= 0.3 is 0 Å². The molecular weight excluding hydrogens is 396 g/mol. The summed E-state index contributed by atoms with van der Waals surface area (Å²) in [5, 5.41) is 0. The fourth-order valence-electron chi connectivity index (χ4n) is 4.67. The van der Waals surface area contributed by atoms with E-state index in [1.807, 2.05) is 0 Å². The molecule has 0 nitrogen and oxygen atoms in total. The molecule has 0 bridgehead atoms. The van der Waals surface area contributed by atoms with Crippen molar-refractivity contribution >= 4 is 0 Å². The van der Waals surface area contributed by atoms with Crippen molar-refractivity contribution in [3.05, 3.63) is 24.3 Å². The van der Waals surface area contributed by atoms with E-state index in [4.69, 9.17) is 0 Å². The Bertz CT molecular complexity index is 341. The Kier molecular flexibility index (Phi) is 31.0. The fraction of sp³-hybridized carbons (Fsp3) is 0.879. The van der Waals surface area contributed by atoms with Gasteiger partial charge in [-0.3, -0.25) is 0 Å². The second kappa shape index (κ2) is 31.5. The zero-order valence-corrected chi connectivity index (χ0v) is 23.4. The highest BCUT2D eigenvalue weighted by molar-refractivity contribution is 4.81. The lowest BCUT2D eigenvalue weighted by Crippen LogP contribution is -1.83. The summed E-state index contributed by atoms with van der Waals surface area (Å²) in [6.45, 7) is 4.58. The van der Waals surface area contributed by atoms with Crippen molar-refractivity contribution in [3.63, 3.8) is 0 Å². The van der Waals surface area contributed by atoms with Crippen molar-refractivity contribution in [3.8, 4) is 0 Å². The van der Waals surface area contributed by atoms with Gasteiger partial charge in [-0.1, -0.05) is 160 Å². The summed E-state index contributed by atoms with van der Waals surface area (Å²) in [5.41, 5.74) is 0. The van der Waals surface area contributed by atoms with Crippen LogP contribution in [0.2, 0.25) is 0 Å². The molecule has 0 saturated heterocycles. The first-order valence-electron chi connectivity index (χ1n) is 15.7. The van der Waals surface area contributed by atoms with Crippen LogP contribution in [0, 0.1) is 0 Å². The largest absolute Gasteiger partial charge is 0.0885 e. The lowest BCUT2D eigenvalue weighted by atomic mass is 10.0. The molecule has 0 heterocycles. The number of hydrogen-bond donors (Lipinski definition) is 0. The third kappa shape index (κ3) is 31.5. The van der Waals surface area contributed by atoms with Crippen LogP contribution in [0.1, 0.15) is 187 Å². The summed E-state index contributed by atoms with van der Waals surface area (Å²) >= 11 is 0. The molecule has 33 heavy (non-hydrogen) atoms. The molecule has 0 atom stereocenters. The molecule has 0 radical (unpaired) electrons. The molecule has 0 aromatic carbocycles. The molecule has 0 spiro atoms. The molecule has 0 heteroatoms. The molecule has 0 fully saturated rings. The van der Waals surface area contributed by atoms with Crippen LogP contribution >= 0.6 is 0 Å². The summed E-state index contributed by atoms with van der Waals surface area (Å²) < 4.78 is 0. The maximum Gasteiger partial charge on any atom is -0.0351 e. The Hall–Kier alpha value is -0.520. The molecule has 0 amide bonds. The number of hydrogen-bond acceptors (Lipinski definition) is 0. The van der Waals surface area contributed by atoms with Gasteiger partial charge in [-0.2, -0.15) is 0 Å². The summed E-state index contributed by atoms with van der Waals surface area (Å²) in [6, 6.07) is 0. The van der Waals surface area contributed by atoms with E-state index in [9.17, 15) is 0 Å². The monoisotopic (exact) mass is 461 g/mol. The van der Waals surface area contributed by atoms with Crippen molar-refractivity contribution in [2.75, 3.05) is 0 Å². The van der Waals surface area contributed by atoms with E-state index in [0.717, 1.165) is 0 Å². The molecule has 0 aliphatic heterocycles. The summed E-state index contributed by atoms with van der Waals surface area (Å²) in [7, 11) is 0. The van der Waals surface area contributed by atoms with Gasteiger partial charge in [-0.25, -0.2) is 0 Å². The number of allylic oxidation sites excluding steroid dienone is 4. The van der Waals surface area contributed by atoms with E-state index in [1.54, 1.807) is 0 Å². The van der Waals surface area contributed by atoms with Crippen LogP contribution in [-0.2, 0) is 0 Å². The van der Waals surface area contributed by atoms with Crippen LogP contribution < -0.4 is 0 Å². The Labute approximate surface area is 211 Å². The summed E-state index contributed by atoms with van der Waals surface area (Å²) in [6.07, 6.45) is 47.9. The molecule has 0 aromatic heterocycles. The van der Waals surface area contributed by atoms with Gasteiger partial charge in [0.15, 0.2) is 0 Å². The summed E-state index contributed by atoms with van der Waals surface area (Å²) in [5.74, 6) is 0. The lowest BCUT2D eigenvalue weighted by molar-refractivity contribution is 0.531. The van der Waals surface area contributed by atoms with Crippen molar-refractivity contribution < 1.29 is 0 Å². The van der Waals surface area contributed by atoms with Crippen LogP contribution in [0.15, 0.2) is 24.3 Å². The second-order valence-corrected chi connectivity index (χ2v) is 10.5. The maximum absolute atomic E-state index is 2.43. The molecule has 0 rings (SSSR count). The molecule has 0 unspecified atom stereocenters. The van der Waals surface area contributed by atoms with E-state index in [1.165, 1.54) is 173 Å². The van der Waals surface area contributed by atoms with E-state index >= 15 is 0 Å². The van der Waals surface area contributed by atoms with Crippen LogP contribution in [-0.4, -0.2) is 0 Å². The third-order valence-electron chi connectivity index (χ3n) is 7.02. The molecule has 0 aromatic rings. The maximum atomic E-state index is 2.43. The zero-order chi connectivity index (χ0) is 23.9. The average Bonchev–Trinajstić information content (AvgIpc) is 2.83. The zero-order valence-electron chi connectivity index (χ0n) is 23.4. The van der Waals surface area contributed by atoms with E-state index in [-0.39, 0.29) is 0 Å². The van der Waals surface area contributed by atoms with Gasteiger partial charge in [0.2, 0.25) is 0 Å². The average molecular weight is 461 g/mol. The lowest BCUT2D eigenvalue weighted by Gasteiger charge is -2.03. The molecule has 0 aliphatic carbocycles. The van der Waals surface area contributed by atoms with Crippen molar-refractivity contribution in [2.45, 2.75) is 187 Å². The molecule has 0 saturated carbocycles. The highest BCUT2D eigenvalue weighted by atomic mass is 14.0. The van der Waals surface area contributed by atoms with Gasteiger partial charge in [-0.15, -0.1) is 0 Å². The predicted molar refractivity (Wildman–Crippen MR) is 154 cm³/mol.